The first kappa shape index (κ1) is 21.1. The molecule has 4 rings (SSSR count). The van der Waals surface area contributed by atoms with Gasteiger partial charge in [0.2, 0.25) is 0 Å². The van der Waals surface area contributed by atoms with Crippen LogP contribution in [0, 0.1) is 11.6 Å². The van der Waals surface area contributed by atoms with Crippen LogP contribution >= 0.6 is 15.9 Å². The van der Waals surface area contributed by atoms with Crippen LogP contribution in [0.3, 0.4) is 0 Å². The van der Waals surface area contributed by atoms with Crippen molar-refractivity contribution in [2.24, 2.45) is 5.10 Å². The molecule has 0 radical (unpaired) electrons. The SMILES string of the molecule is CN(/N=C/c1cnc2ccc(-c3cccnc3)cn12)S(=O)(=O)c1cc(F)c(Br)cc1F. The summed E-state index contributed by atoms with van der Waals surface area (Å²) < 4.78 is 55.3. The Morgan fingerprint density at radius 1 is 1.13 bits per heavy atom. The molecule has 0 fully saturated rings. The van der Waals surface area contributed by atoms with Gasteiger partial charge >= 0.3 is 0 Å². The monoisotopic (exact) mass is 505 g/mol. The largest absolute Gasteiger partial charge is 0.298 e. The lowest BCUT2D eigenvalue weighted by molar-refractivity contribution is 0.478. The summed E-state index contributed by atoms with van der Waals surface area (Å²) in [6.07, 6.45) is 8.01. The van der Waals surface area contributed by atoms with Gasteiger partial charge in [-0.3, -0.25) is 9.38 Å². The highest BCUT2D eigenvalue weighted by atomic mass is 79.9. The van der Waals surface area contributed by atoms with Gasteiger partial charge in [-0.1, -0.05) is 6.07 Å². The number of hydrogen-bond acceptors (Lipinski definition) is 5. The average molecular weight is 506 g/mol. The number of nitrogens with zero attached hydrogens (tertiary/aromatic N) is 5. The molecule has 0 unspecified atom stereocenters. The van der Waals surface area contributed by atoms with Crippen molar-refractivity contribution in [2.75, 3.05) is 7.05 Å². The first-order valence-corrected chi connectivity index (χ1v) is 11.1. The molecule has 7 nitrogen and oxygen atoms in total. The fraction of sp³-hybridized carbons (Fsp3) is 0.0500. The molecule has 0 aliphatic carbocycles. The predicted octanol–water partition coefficient (Wildman–Crippen LogP) is 4.09. The Hall–Kier alpha value is -3.18. The summed E-state index contributed by atoms with van der Waals surface area (Å²) in [6.45, 7) is 0. The Bertz CT molecular complexity index is 1410. The summed E-state index contributed by atoms with van der Waals surface area (Å²) in [5, 5.41) is 3.91. The van der Waals surface area contributed by atoms with E-state index in [2.05, 4.69) is 31.0 Å². The Morgan fingerprint density at radius 2 is 1.94 bits per heavy atom. The minimum atomic E-state index is -4.40. The van der Waals surface area contributed by atoms with Crippen molar-refractivity contribution in [3.8, 4) is 11.1 Å². The zero-order chi connectivity index (χ0) is 22.2. The number of fused-ring (bicyclic) bond motifs is 1. The predicted molar refractivity (Wildman–Crippen MR) is 115 cm³/mol. The van der Waals surface area contributed by atoms with Crippen molar-refractivity contribution in [1.82, 2.24) is 18.8 Å². The van der Waals surface area contributed by atoms with Crippen LogP contribution in [-0.4, -0.2) is 40.5 Å². The molecule has 0 amide bonds. The van der Waals surface area contributed by atoms with Gasteiger partial charge < -0.3 is 0 Å². The molecule has 0 aliphatic rings. The van der Waals surface area contributed by atoms with Crippen molar-refractivity contribution in [3.63, 3.8) is 0 Å². The topological polar surface area (TPSA) is 79.9 Å². The molecule has 31 heavy (non-hydrogen) atoms. The van der Waals surface area contributed by atoms with E-state index in [-0.39, 0.29) is 4.47 Å². The molecule has 0 spiro atoms. The number of benzene rings is 1. The molecule has 3 heterocycles. The number of hydrogen-bond donors (Lipinski definition) is 0. The summed E-state index contributed by atoms with van der Waals surface area (Å²) in [4.78, 5) is 7.55. The molecular weight excluding hydrogens is 492 g/mol. The van der Waals surface area contributed by atoms with Crippen molar-refractivity contribution < 1.29 is 17.2 Å². The van der Waals surface area contributed by atoms with Gasteiger partial charge in [0.05, 0.1) is 22.6 Å². The lowest BCUT2D eigenvalue weighted by Gasteiger charge is -2.14. The van der Waals surface area contributed by atoms with E-state index in [0.29, 0.717) is 21.8 Å². The van der Waals surface area contributed by atoms with Crippen LogP contribution in [-0.2, 0) is 10.0 Å². The zero-order valence-corrected chi connectivity index (χ0v) is 18.3. The van der Waals surface area contributed by atoms with Gasteiger partial charge in [0.25, 0.3) is 10.0 Å². The molecule has 158 valence electrons. The van der Waals surface area contributed by atoms with E-state index in [0.717, 1.165) is 24.2 Å². The van der Waals surface area contributed by atoms with Gasteiger partial charge in [-0.05, 0) is 46.3 Å². The third-order valence-corrected chi connectivity index (χ3v) is 6.75. The maximum Gasteiger partial charge on any atom is 0.281 e. The minimum absolute atomic E-state index is 0.176. The lowest BCUT2D eigenvalue weighted by Crippen LogP contribution is -2.23. The zero-order valence-electron chi connectivity index (χ0n) is 15.9. The van der Waals surface area contributed by atoms with Crippen LogP contribution in [0.2, 0.25) is 0 Å². The summed E-state index contributed by atoms with van der Waals surface area (Å²) in [7, 11) is -3.27. The third kappa shape index (κ3) is 4.06. The van der Waals surface area contributed by atoms with E-state index in [1.165, 1.54) is 12.4 Å². The number of aromatic nitrogens is 3. The minimum Gasteiger partial charge on any atom is -0.298 e. The summed E-state index contributed by atoms with van der Waals surface area (Å²) in [6, 6.07) is 8.78. The highest BCUT2D eigenvalue weighted by molar-refractivity contribution is 9.10. The molecule has 0 bridgehead atoms. The van der Waals surface area contributed by atoms with Gasteiger partial charge in [0.1, 0.15) is 22.2 Å². The lowest BCUT2D eigenvalue weighted by atomic mass is 10.1. The van der Waals surface area contributed by atoms with Crippen LogP contribution in [0.1, 0.15) is 5.69 Å². The molecule has 0 saturated carbocycles. The van der Waals surface area contributed by atoms with Crippen LogP contribution in [0.5, 0.6) is 0 Å². The van der Waals surface area contributed by atoms with Crippen molar-refractivity contribution in [1.29, 1.82) is 0 Å². The van der Waals surface area contributed by atoms with E-state index >= 15 is 0 Å². The highest BCUT2D eigenvalue weighted by Gasteiger charge is 2.25. The number of sulfonamides is 1. The molecule has 4 aromatic rings. The fourth-order valence-electron chi connectivity index (χ4n) is 2.85. The fourth-order valence-corrected chi connectivity index (χ4v) is 4.18. The van der Waals surface area contributed by atoms with Gasteiger partial charge in [-0.15, -0.1) is 0 Å². The van der Waals surface area contributed by atoms with Gasteiger partial charge in [0.15, 0.2) is 0 Å². The number of rotatable bonds is 5. The first-order chi connectivity index (χ1) is 14.8. The molecule has 0 saturated heterocycles. The summed E-state index contributed by atoms with van der Waals surface area (Å²) in [5.41, 5.74) is 2.89. The second-order valence-corrected chi connectivity index (χ2v) is 9.22. The van der Waals surface area contributed by atoms with Gasteiger partial charge in [-0.2, -0.15) is 17.9 Å². The number of pyridine rings is 2. The van der Waals surface area contributed by atoms with Gasteiger partial charge in [0, 0.05) is 36.8 Å². The van der Waals surface area contributed by atoms with Crippen molar-refractivity contribution in [3.05, 3.63) is 83.0 Å². The molecule has 3 aromatic heterocycles. The smallest absolute Gasteiger partial charge is 0.281 e. The van der Waals surface area contributed by atoms with Crippen LogP contribution in [0.4, 0.5) is 8.78 Å². The van der Waals surface area contributed by atoms with Crippen LogP contribution < -0.4 is 0 Å². The van der Waals surface area contributed by atoms with E-state index < -0.39 is 26.6 Å². The summed E-state index contributed by atoms with van der Waals surface area (Å²) >= 11 is 2.82. The quantitative estimate of drug-likeness (QED) is 0.232. The first-order valence-electron chi connectivity index (χ1n) is 8.82. The molecule has 0 N–H and O–H groups in total. The Labute approximate surface area is 184 Å². The highest BCUT2D eigenvalue weighted by Crippen LogP contribution is 2.25. The van der Waals surface area contributed by atoms with Crippen molar-refractivity contribution in [2.45, 2.75) is 4.90 Å². The second-order valence-electron chi connectivity index (χ2n) is 6.45. The summed E-state index contributed by atoms with van der Waals surface area (Å²) in [5.74, 6) is -1.99. The average Bonchev–Trinajstić information content (AvgIpc) is 3.17. The van der Waals surface area contributed by atoms with Crippen LogP contribution in [0.25, 0.3) is 16.8 Å². The van der Waals surface area contributed by atoms with Crippen LogP contribution in [0.15, 0.2) is 75.7 Å². The van der Waals surface area contributed by atoms with E-state index in [1.54, 1.807) is 22.9 Å². The molecule has 11 heteroatoms. The van der Waals surface area contributed by atoms with E-state index in [1.807, 2.05) is 24.4 Å². The molecular formula is C20H14BrF2N5O2S. The normalized spacial score (nSPS) is 12.0. The molecule has 0 aliphatic heterocycles. The third-order valence-electron chi connectivity index (χ3n) is 4.48. The Kier molecular flexibility index (Phi) is 5.54. The molecule has 1 aromatic carbocycles. The standard InChI is InChI=1S/C20H14BrF2N5O2S/c1-27(31(29,30)19-8-17(22)16(21)7-18(19)23)26-11-15-10-25-20-5-4-14(12-28(15)20)13-3-2-6-24-9-13/h2-12H,1H3/b26-11+. The number of hydrazone groups is 1. The van der Waals surface area contributed by atoms with Gasteiger partial charge in [-0.25, -0.2) is 13.8 Å². The molecule has 0 atom stereocenters. The maximum atomic E-state index is 14.1. The number of imidazole rings is 1. The van der Waals surface area contributed by atoms with Crippen molar-refractivity contribution >= 4 is 37.8 Å². The Morgan fingerprint density at radius 3 is 2.68 bits per heavy atom. The van der Waals surface area contributed by atoms with E-state index in [9.17, 15) is 17.2 Å². The Balaban J connectivity index is 1.67. The second kappa shape index (κ2) is 8.16. The maximum absolute atomic E-state index is 14.1. The van der Waals surface area contributed by atoms with E-state index in [4.69, 9.17) is 0 Å². The number of halogens is 3.